The zero-order valence-corrected chi connectivity index (χ0v) is 18.6. The monoisotopic (exact) mass is 467 g/mol. The number of quaternary nitrogens is 1. The molecule has 0 fully saturated rings. The highest BCUT2D eigenvalue weighted by Gasteiger charge is 2.14. The van der Waals surface area contributed by atoms with Crippen LogP contribution in [0.1, 0.15) is 18.1 Å². The molecule has 0 spiro atoms. The summed E-state index contributed by atoms with van der Waals surface area (Å²) in [5.74, 6) is 2.01. The predicted octanol–water partition coefficient (Wildman–Crippen LogP) is 2.04. The first-order chi connectivity index (χ1) is 14.0. The number of rotatable bonds is 12. The van der Waals surface area contributed by atoms with Crippen LogP contribution >= 0.6 is 15.9 Å². The van der Waals surface area contributed by atoms with Gasteiger partial charge in [-0.3, -0.25) is 4.79 Å². The van der Waals surface area contributed by atoms with E-state index in [0.29, 0.717) is 18.1 Å². The summed E-state index contributed by atoms with van der Waals surface area (Å²) in [6, 6.07) is 9.86. The van der Waals surface area contributed by atoms with Gasteiger partial charge in [0.15, 0.2) is 29.6 Å². The fourth-order valence-electron chi connectivity index (χ4n) is 2.86. The molecule has 158 valence electrons. The van der Waals surface area contributed by atoms with E-state index in [1.54, 1.807) is 14.2 Å². The highest BCUT2D eigenvalue weighted by atomic mass is 79.9. The molecule has 7 nitrogen and oxygen atoms in total. The molecular weight excluding hydrogens is 440 g/mol. The molecule has 4 N–H and O–H groups in total. The van der Waals surface area contributed by atoms with Gasteiger partial charge in [-0.2, -0.15) is 0 Å². The SMILES string of the molecule is CCOc1cc(C[NH2+]CCc2ccc(OC)c(OC)c2)cc(Br)c1OCC(N)=O. The molecule has 0 aliphatic carbocycles. The lowest BCUT2D eigenvalue weighted by molar-refractivity contribution is -0.670. The molecule has 0 aromatic heterocycles. The molecule has 2 aromatic carbocycles. The average Bonchev–Trinajstić information content (AvgIpc) is 2.70. The fraction of sp³-hybridized carbons (Fsp3) is 0.381. The summed E-state index contributed by atoms with van der Waals surface area (Å²) in [6.07, 6.45) is 0.902. The third kappa shape index (κ3) is 6.83. The molecule has 0 saturated heterocycles. The van der Waals surface area contributed by atoms with Gasteiger partial charge in [0.25, 0.3) is 5.91 Å². The number of amides is 1. The Balaban J connectivity index is 1.97. The number of ether oxygens (including phenoxy) is 4. The van der Waals surface area contributed by atoms with E-state index in [2.05, 4.69) is 21.2 Å². The summed E-state index contributed by atoms with van der Waals surface area (Å²) in [4.78, 5) is 11.0. The smallest absolute Gasteiger partial charge is 0.255 e. The summed E-state index contributed by atoms with van der Waals surface area (Å²) in [7, 11) is 3.27. The number of carbonyl (C=O) groups excluding carboxylic acids is 1. The van der Waals surface area contributed by atoms with Crippen LogP contribution < -0.4 is 30.0 Å². The molecule has 0 saturated carbocycles. The van der Waals surface area contributed by atoms with E-state index in [1.807, 2.05) is 37.3 Å². The van der Waals surface area contributed by atoms with Gasteiger partial charge in [-0.15, -0.1) is 0 Å². The van der Waals surface area contributed by atoms with E-state index in [0.717, 1.165) is 41.0 Å². The Hall–Kier alpha value is -2.45. The van der Waals surface area contributed by atoms with Crippen molar-refractivity contribution in [2.24, 2.45) is 5.73 Å². The molecule has 0 atom stereocenters. The minimum atomic E-state index is -0.535. The van der Waals surface area contributed by atoms with Gasteiger partial charge in [-0.05, 0) is 52.7 Å². The van der Waals surface area contributed by atoms with E-state index < -0.39 is 5.91 Å². The second-order valence-corrected chi connectivity index (χ2v) is 7.17. The van der Waals surface area contributed by atoms with Crippen LogP contribution in [0, 0.1) is 0 Å². The van der Waals surface area contributed by atoms with Crippen molar-refractivity contribution in [2.75, 3.05) is 34.0 Å². The minimum Gasteiger partial charge on any atom is -0.493 e. The Kier molecular flexibility index (Phi) is 9.08. The molecule has 29 heavy (non-hydrogen) atoms. The van der Waals surface area contributed by atoms with Crippen molar-refractivity contribution in [1.29, 1.82) is 0 Å². The third-order valence-electron chi connectivity index (χ3n) is 4.19. The lowest BCUT2D eigenvalue weighted by atomic mass is 10.1. The first kappa shape index (κ1) is 22.8. The number of halogens is 1. The number of hydrogen-bond donors (Lipinski definition) is 2. The fourth-order valence-corrected chi connectivity index (χ4v) is 3.46. The van der Waals surface area contributed by atoms with Crippen molar-refractivity contribution in [3.05, 3.63) is 45.9 Å². The molecule has 2 rings (SSSR count). The normalized spacial score (nSPS) is 10.5. The van der Waals surface area contributed by atoms with E-state index in [-0.39, 0.29) is 6.61 Å². The molecule has 1 amide bonds. The number of primary amides is 1. The van der Waals surface area contributed by atoms with Crippen molar-refractivity contribution in [3.8, 4) is 23.0 Å². The Labute approximate surface area is 179 Å². The van der Waals surface area contributed by atoms with Crippen molar-refractivity contribution in [2.45, 2.75) is 19.9 Å². The van der Waals surface area contributed by atoms with Crippen LogP contribution in [0.5, 0.6) is 23.0 Å². The Morgan fingerprint density at radius 1 is 1.03 bits per heavy atom. The Morgan fingerprint density at radius 2 is 1.76 bits per heavy atom. The van der Waals surface area contributed by atoms with Gasteiger partial charge in [-0.1, -0.05) is 6.07 Å². The second-order valence-electron chi connectivity index (χ2n) is 6.31. The van der Waals surface area contributed by atoms with Gasteiger partial charge in [0.1, 0.15) is 6.54 Å². The lowest BCUT2D eigenvalue weighted by Gasteiger charge is -2.14. The second kappa shape index (κ2) is 11.5. The quantitative estimate of drug-likeness (QED) is 0.465. The molecule has 2 aromatic rings. The highest BCUT2D eigenvalue weighted by molar-refractivity contribution is 9.10. The molecule has 0 radical (unpaired) electrons. The first-order valence-electron chi connectivity index (χ1n) is 9.37. The van der Waals surface area contributed by atoms with Crippen LogP contribution in [0.3, 0.4) is 0 Å². The largest absolute Gasteiger partial charge is 0.493 e. The number of benzene rings is 2. The van der Waals surface area contributed by atoms with Crippen LogP contribution in [0.15, 0.2) is 34.8 Å². The van der Waals surface area contributed by atoms with E-state index in [1.165, 1.54) is 5.56 Å². The minimum absolute atomic E-state index is 0.199. The highest BCUT2D eigenvalue weighted by Crippen LogP contribution is 2.36. The summed E-state index contributed by atoms with van der Waals surface area (Å²) in [5.41, 5.74) is 7.44. The van der Waals surface area contributed by atoms with E-state index >= 15 is 0 Å². The molecule has 0 aliphatic rings. The van der Waals surface area contributed by atoms with Crippen molar-refractivity contribution >= 4 is 21.8 Å². The van der Waals surface area contributed by atoms with Gasteiger partial charge in [0, 0.05) is 12.0 Å². The number of methoxy groups -OCH3 is 2. The van der Waals surface area contributed by atoms with Gasteiger partial charge >= 0.3 is 0 Å². The summed E-state index contributed by atoms with van der Waals surface area (Å²) < 4.78 is 22.5. The summed E-state index contributed by atoms with van der Waals surface area (Å²) in [5, 5.41) is 2.22. The molecular formula is C21H28BrN2O5+. The molecule has 0 aliphatic heterocycles. The average molecular weight is 468 g/mol. The maximum Gasteiger partial charge on any atom is 0.255 e. The van der Waals surface area contributed by atoms with Gasteiger partial charge in [0.05, 0.1) is 31.8 Å². The summed E-state index contributed by atoms with van der Waals surface area (Å²) >= 11 is 3.50. The topological polar surface area (TPSA) is 96.6 Å². The molecule has 0 unspecified atom stereocenters. The van der Waals surface area contributed by atoms with Crippen LogP contribution in [0.2, 0.25) is 0 Å². The van der Waals surface area contributed by atoms with Gasteiger partial charge in [0.2, 0.25) is 0 Å². The zero-order valence-electron chi connectivity index (χ0n) is 17.0. The Bertz CT molecular complexity index is 829. The van der Waals surface area contributed by atoms with Crippen LogP contribution in [-0.2, 0) is 17.8 Å². The standard InChI is InChI=1S/C21H27BrN2O5/c1-4-28-19-11-15(9-16(22)21(19)29-13-20(23)25)12-24-8-7-14-5-6-17(26-2)18(10-14)27-3/h5-6,9-11,24H,4,7-8,12-13H2,1-3H3,(H2,23,25)/p+1. The third-order valence-corrected chi connectivity index (χ3v) is 4.78. The van der Waals surface area contributed by atoms with E-state index in [9.17, 15) is 4.79 Å². The molecule has 0 bridgehead atoms. The van der Waals surface area contributed by atoms with Crippen LogP contribution in [0.25, 0.3) is 0 Å². The first-order valence-corrected chi connectivity index (χ1v) is 10.2. The molecule has 0 heterocycles. The number of nitrogens with two attached hydrogens (primary N) is 2. The van der Waals surface area contributed by atoms with Crippen molar-refractivity contribution in [1.82, 2.24) is 0 Å². The maximum absolute atomic E-state index is 11.0. The van der Waals surface area contributed by atoms with Crippen LogP contribution in [0.4, 0.5) is 0 Å². The molecule has 8 heteroatoms. The van der Waals surface area contributed by atoms with Crippen molar-refractivity contribution in [3.63, 3.8) is 0 Å². The predicted molar refractivity (Wildman–Crippen MR) is 114 cm³/mol. The van der Waals surface area contributed by atoms with Crippen LogP contribution in [-0.4, -0.2) is 39.9 Å². The number of carbonyl (C=O) groups is 1. The summed E-state index contributed by atoms with van der Waals surface area (Å²) in [6.45, 7) is 3.88. The maximum atomic E-state index is 11.0. The van der Waals surface area contributed by atoms with Gasteiger partial charge < -0.3 is 30.0 Å². The van der Waals surface area contributed by atoms with E-state index in [4.69, 9.17) is 24.7 Å². The lowest BCUT2D eigenvalue weighted by Crippen LogP contribution is -2.83. The van der Waals surface area contributed by atoms with Gasteiger partial charge in [-0.25, -0.2) is 0 Å². The Morgan fingerprint density at radius 3 is 2.41 bits per heavy atom. The zero-order chi connectivity index (χ0) is 21.2. The number of hydrogen-bond acceptors (Lipinski definition) is 5. The van der Waals surface area contributed by atoms with Crippen molar-refractivity contribution < 1.29 is 29.1 Å².